The van der Waals surface area contributed by atoms with E-state index in [1.165, 1.54) is 0 Å². The van der Waals surface area contributed by atoms with E-state index in [0.29, 0.717) is 24.2 Å². The molecule has 2 rings (SSSR count). The van der Waals surface area contributed by atoms with Gasteiger partial charge in [0, 0.05) is 43.7 Å². The fourth-order valence-electron chi connectivity index (χ4n) is 1.71. The number of anilines is 1. The molecule has 0 bridgehead atoms. The number of carbonyl (C=O) groups excluding carboxylic acids is 1. The zero-order valence-corrected chi connectivity index (χ0v) is 10.3. The number of nitrogen functional groups attached to an aromatic ring is 1. The van der Waals surface area contributed by atoms with Gasteiger partial charge < -0.3 is 15.6 Å². The van der Waals surface area contributed by atoms with E-state index in [9.17, 15) is 4.79 Å². The largest absolute Gasteiger partial charge is 0.399 e. The number of nitrogens with zero attached hydrogens (tertiary/aromatic N) is 2. The molecule has 5 nitrogen and oxygen atoms in total. The molecule has 1 amide bonds. The van der Waals surface area contributed by atoms with Crippen LogP contribution in [-0.4, -0.2) is 22.0 Å². The Morgan fingerprint density at radius 2 is 2.33 bits per heavy atom. The Balaban J connectivity index is 1.87. The summed E-state index contributed by atoms with van der Waals surface area (Å²) in [6.07, 6.45) is 4.33. The van der Waals surface area contributed by atoms with E-state index in [0.717, 1.165) is 5.82 Å². The number of rotatable bonds is 4. The number of nitrogens with two attached hydrogens (primary N) is 1. The van der Waals surface area contributed by atoms with E-state index in [-0.39, 0.29) is 5.91 Å². The molecule has 3 N–H and O–H groups in total. The lowest BCUT2D eigenvalue weighted by molar-refractivity contribution is 0.0954. The van der Waals surface area contributed by atoms with Crippen molar-refractivity contribution in [1.29, 1.82) is 0 Å². The molecule has 0 spiro atoms. The molecular formula is C13H16N4O. The average molecular weight is 244 g/mol. The molecule has 0 unspecified atom stereocenters. The van der Waals surface area contributed by atoms with E-state index in [1.807, 2.05) is 17.8 Å². The highest BCUT2D eigenvalue weighted by molar-refractivity contribution is 5.94. The summed E-state index contributed by atoms with van der Waals surface area (Å²) in [6, 6.07) is 6.93. The molecule has 94 valence electrons. The van der Waals surface area contributed by atoms with Gasteiger partial charge in [-0.3, -0.25) is 4.79 Å². The van der Waals surface area contributed by atoms with Crippen molar-refractivity contribution >= 4 is 11.6 Å². The van der Waals surface area contributed by atoms with Crippen LogP contribution < -0.4 is 11.1 Å². The minimum absolute atomic E-state index is 0.114. The summed E-state index contributed by atoms with van der Waals surface area (Å²) in [5.41, 5.74) is 6.80. The number of aromatic nitrogens is 2. The molecule has 0 aliphatic heterocycles. The third kappa shape index (κ3) is 2.88. The molecule has 0 fully saturated rings. The highest BCUT2D eigenvalue weighted by atomic mass is 16.1. The van der Waals surface area contributed by atoms with Crippen molar-refractivity contribution < 1.29 is 4.79 Å². The quantitative estimate of drug-likeness (QED) is 0.787. The van der Waals surface area contributed by atoms with Gasteiger partial charge in [0.1, 0.15) is 5.82 Å². The molecule has 0 radical (unpaired) electrons. The SMILES string of the molecule is Cn1ccnc1CCNC(=O)c1cccc(N)c1. The maximum absolute atomic E-state index is 11.8. The summed E-state index contributed by atoms with van der Waals surface area (Å²) in [5, 5.41) is 2.84. The number of nitrogens with one attached hydrogen (secondary N) is 1. The van der Waals surface area contributed by atoms with Crippen molar-refractivity contribution in [3.63, 3.8) is 0 Å². The minimum atomic E-state index is -0.114. The van der Waals surface area contributed by atoms with E-state index in [4.69, 9.17) is 5.73 Å². The molecule has 0 saturated carbocycles. The number of benzene rings is 1. The molecular weight excluding hydrogens is 228 g/mol. The third-order valence-corrected chi connectivity index (χ3v) is 2.70. The monoisotopic (exact) mass is 244 g/mol. The molecule has 18 heavy (non-hydrogen) atoms. The second-order valence-electron chi connectivity index (χ2n) is 4.09. The van der Waals surface area contributed by atoms with Gasteiger partial charge in [0.15, 0.2) is 0 Å². The lowest BCUT2D eigenvalue weighted by atomic mass is 10.2. The summed E-state index contributed by atoms with van der Waals surface area (Å²) < 4.78 is 1.94. The first kappa shape index (κ1) is 12.2. The van der Waals surface area contributed by atoms with Gasteiger partial charge >= 0.3 is 0 Å². The van der Waals surface area contributed by atoms with Gasteiger partial charge in [-0.25, -0.2) is 4.98 Å². The Morgan fingerprint density at radius 3 is 3.00 bits per heavy atom. The summed E-state index contributed by atoms with van der Waals surface area (Å²) in [4.78, 5) is 16.0. The van der Waals surface area contributed by atoms with Crippen LogP contribution in [0, 0.1) is 0 Å². The number of hydrogen-bond donors (Lipinski definition) is 2. The van der Waals surface area contributed by atoms with Crippen LogP contribution in [0.4, 0.5) is 5.69 Å². The maximum atomic E-state index is 11.8. The predicted octanol–water partition coefficient (Wildman–Crippen LogP) is 0.975. The van der Waals surface area contributed by atoms with Gasteiger partial charge in [0.25, 0.3) is 5.91 Å². The number of amides is 1. The Labute approximate surface area is 106 Å². The smallest absolute Gasteiger partial charge is 0.251 e. The van der Waals surface area contributed by atoms with E-state index >= 15 is 0 Å². The van der Waals surface area contributed by atoms with Crippen molar-refractivity contribution in [3.8, 4) is 0 Å². The lowest BCUT2D eigenvalue weighted by Crippen LogP contribution is -2.26. The van der Waals surface area contributed by atoms with Crippen molar-refractivity contribution in [2.24, 2.45) is 7.05 Å². The van der Waals surface area contributed by atoms with Crippen molar-refractivity contribution in [2.45, 2.75) is 6.42 Å². The number of carbonyl (C=O) groups is 1. The van der Waals surface area contributed by atoms with Crippen LogP contribution >= 0.6 is 0 Å². The molecule has 0 aliphatic rings. The second kappa shape index (κ2) is 5.35. The van der Waals surface area contributed by atoms with Gasteiger partial charge in [-0.05, 0) is 18.2 Å². The minimum Gasteiger partial charge on any atom is -0.399 e. The van der Waals surface area contributed by atoms with E-state index < -0.39 is 0 Å². The summed E-state index contributed by atoms with van der Waals surface area (Å²) in [6.45, 7) is 0.554. The first-order valence-corrected chi connectivity index (χ1v) is 5.77. The Bertz CT molecular complexity index is 547. The highest BCUT2D eigenvalue weighted by Crippen LogP contribution is 2.06. The Kier molecular flexibility index (Phi) is 3.62. The van der Waals surface area contributed by atoms with Crippen LogP contribution in [0.1, 0.15) is 16.2 Å². The lowest BCUT2D eigenvalue weighted by Gasteiger charge is -2.06. The van der Waals surface area contributed by atoms with Crippen molar-refractivity contribution in [1.82, 2.24) is 14.9 Å². The second-order valence-corrected chi connectivity index (χ2v) is 4.09. The first-order chi connectivity index (χ1) is 8.66. The summed E-state index contributed by atoms with van der Waals surface area (Å²) in [5.74, 6) is 0.833. The molecule has 5 heteroatoms. The van der Waals surface area contributed by atoms with Crippen molar-refractivity contribution in [3.05, 3.63) is 48.0 Å². The molecule has 0 aliphatic carbocycles. The average Bonchev–Trinajstić information content (AvgIpc) is 2.75. The van der Waals surface area contributed by atoms with E-state index in [2.05, 4.69) is 10.3 Å². The van der Waals surface area contributed by atoms with Crippen molar-refractivity contribution in [2.75, 3.05) is 12.3 Å². The number of imidazole rings is 1. The molecule has 0 atom stereocenters. The molecule has 1 aromatic heterocycles. The third-order valence-electron chi connectivity index (χ3n) is 2.70. The van der Waals surface area contributed by atoms with Crippen LogP contribution in [0.2, 0.25) is 0 Å². The molecule has 1 aromatic carbocycles. The van der Waals surface area contributed by atoms with Crippen LogP contribution in [0.3, 0.4) is 0 Å². The van der Waals surface area contributed by atoms with Gasteiger partial charge in [0.2, 0.25) is 0 Å². The Hall–Kier alpha value is -2.30. The fourth-order valence-corrected chi connectivity index (χ4v) is 1.71. The van der Waals surface area contributed by atoms with E-state index in [1.54, 1.807) is 30.5 Å². The van der Waals surface area contributed by atoms with Gasteiger partial charge in [-0.15, -0.1) is 0 Å². The Morgan fingerprint density at radius 1 is 1.50 bits per heavy atom. The molecule has 2 aromatic rings. The maximum Gasteiger partial charge on any atom is 0.251 e. The molecule has 0 saturated heterocycles. The van der Waals surface area contributed by atoms with Gasteiger partial charge in [-0.2, -0.15) is 0 Å². The number of aryl methyl sites for hydroxylation is 1. The topological polar surface area (TPSA) is 72.9 Å². The van der Waals surface area contributed by atoms with Gasteiger partial charge in [-0.1, -0.05) is 6.07 Å². The zero-order chi connectivity index (χ0) is 13.0. The summed E-state index contributed by atoms with van der Waals surface area (Å²) in [7, 11) is 1.93. The van der Waals surface area contributed by atoms with Gasteiger partial charge in [0.05, 0.1) is 0 Å². The summed E-state index contributed by atoms with van der Waals surface area (Å²) >= 11 is 0. The van der Waals surface area contributed by atoms with Crippen LogP contribution in [0.15, 0.2) is 36.7 Å². The van der Waals surface area contributed by atoms with Crippen LogP contribution in [-0.2, 0) is 13.5 Å². The first-order valence-electron chi connectivity index (χ1n) is 5.77. The van der Waals surface area contributed by atoms with Crippen LogP contribution in [0.25, 0.3) is 0 Å². The normalized spacial score (nSPS) is 10.3. The van der Waals surface area contributed by atoms with Crippen LogP contribution in [0.5, 0.6) is 0 Å². The molecule has 1 heterocycles. The fraction of sp³-hybridized carbons (Fsp3) is 0.231. The number of hydrogen-bond acceptors (Lipinski definition) is 3. The highest BCUT2D eigenvalue weighted by Gasteiger charge is 2.05. The zero-order valence-electron chi connectivity index (χ0n) is 10.3. The predicted molar refractivity (Wildman–Crippen MR) is 70.1 cm³/mol. The standard InChI is InChI=1S/C13H16N4O/c1-17-8-7-15-12(17)5-6-16-13(18)10-3-2-4-11(14)9-10/h2-4,7-9H,5-6,14H2,1H3,(H,16,18).